The fourth-order valence-corrected chi connectivity index (χ4v) is 3.39. The topological polar surface area (TPSA) is 132 Å². The molecule has 1 aromatic carbocycles. The number of nitrogens with zero attached hydrogens (tertiary/aromatic N) is 6. The van der Waals surface area contributed by atoms with E-state index in [0.29, 0.717) is 16.6 Å². The Labute approximate surface area is 131 Å². The van der Waals surface area contributed by atoms with E-state index in [-0.39, 0.29) is 10.4 Å². The molecule has 9 nitrogen and oxygen atoms in total. The molecule has 22 heavy (non-hydrogen) atoms. The van der Waals surface area contributed by atoms with E-state index < -0.39 is 14.2 Å². The van der Waals surface area contributed by atoms with Crippen LogP contribution >= 0.6 is 11.9 Å². The zero-order chi connectivity index (χ0) is 15.6. The van der Waals surface area contributed by atoms with Crippen LogP contribution in [0.3, 0.4) is 0 Å². The van der Waals surface area contributed by atoms with Gasteiger partial charge in [-0.1, -0.05) is 0 Å². The van der Waals surface area contributed by atoms with Crippen LogP contribution in [0.2, 0.25) is 0 Å². The van der Waals surface area contributed by atoms with E-state index in [9.17, 15) is 3.74 Å². The van der Waals surface area contributed by atoms with Crippen molar-refractivity contribution in [2.75, 3.05) is 0 Å². The minimum absolute atomic E-state index is 0.00117. The van der Waals surface area contributed by atoms with E-state index in [4.69, 9.17) is 8.19 Å². The molecule has 0 fully saturated rings. The summed E-state index contributed by atoms with van der Waals surface area (Å²) in [5, 5.41) is 4.57. The molecule has 0 saturated carbocycles. The summed E-state index contributed by atoms with van der Waals surface area (Å²) in [4.78, 5) is 16.2. The summed E-state index contributed by atoms with van der Waals surface area (Å²) in [5.41, 5.74) is 0.481. The molecule has 2 N–H and O–H groups in total. The summed E-state index contributed by atoms with van der Waals surface area (Å²) >= 11 is -3.80. The Morgan fingerprint density at radius 1 is 1.14 bits per heavy atom. The predicted octanol–water partition coefficient (Wildman–Crippen LogP) is 0.229. The third-order valence-electron chi connectivity index (χ3n) is 2.74. The van der Waals surface area contributed by atoms with Gasteiger partial charge in [0, 0.05) is 0 Å². The molecule has 2 aliphatic heterocycles. The van der Waals surface area contributed by atoms with Gasteiger partial charge >= 0.3 is 132 Å². The van der Waals surface area contributed by atoms with Crippen LogP contribution in [0.4, 0.5) is 5.69 Å². The SMILES string of the molecule is O=[As](O)(O)c1ccc(N=NSC2=NC=NC3=NC=NC32)cc1. The zero-order valence-electron chi connectivity index (χ0n) is 10.9. The molecule has 0 saturated heterocycles. The van der Waals surface area contributed by atoms with Crippen LogP contribution in [0, 0.1) is 0 Å². The van der Waals surface area contributed by atoms with Gasteiger partial charge in [-0.25, -0.2) is 0 Å². The molecule has 112 valence electrons. The number of fused-ring (bicyclic) bond motifs is 1. The van der Waals surface area contributed by atoms with Crippen LogP contribution in [-0.4, -0.2) is 52.0 Å². The number of hydrogen-bond acceptors (Lipinski definition) is 8. The third kappa shape index (κ3) is 3.30. The van der Waals surface area contributed by atoms with Crippen molar-refractivity contribution in [3.05, 3.63) is 24.3 Å². The molecule has 2 heterocycles. The molecular formula is C11H9AsN6O3S. The summed E-state index contributed by atoms with van der Waals surface area (Å²) in [5.74, 6) is 0.570. The zero-order valence-corrected chi connectivity index (χ0v) is 13.6. The number of amidine groups is 1. The van der Waals surface area contributed by atoms with Gasteiger partial charge in [0.05, 0.1) is 0 Å². The van der Waals surface area contributed by atoms with E-state index in [1.54, 1.807) is 0 Å². The second kappa shape index (κ2) is 6.09. The fraction of sp³-hybridized carbons (Fsp3) is 0.0909. The van der Waals surface area contributed by atoms with Crippen LogP contribution in [0.1, 0.15) is 0 Å². The van der Waals surface area contributed by atoms with Crippen molar-refractivity contribution in [1.82, 2.24) is 0 Å². The summed E-state index contributed by atoms with van der Waals surface area (Å²) < 4.78 is 33.2. The van der Waals surface area contributed by atoms with E-state index >= 15 is 0 Å². The Balaban J connectivity index is 1.67. The van der Waals surface area contributed by atoms with Crippen molar-refractivity contribution in [1.29, 1.82) is 0 Å². The van der Waals surface area contributed by atoms with E-state index in [1.165, 1.54) is 36.9 Å². The van der Waals surface area contributed by atoms with Gasteiger partial charge in [0.1, 0.15) is 0 Å². The van der Waals surface area contributed by atoms with Crippen molar-refractivity contribution in [2.24, 2.45) is 29.6 Å². The maximum atomic E-state index is 11.1. The number of hydrogen-bond donors (Lipinski definition) is 2. The normalized spacial score (nSPS) is 20.2. The number of benzene rings is 1. The van der Waals surface area contributed by atoms with Crippen LogP contribution in [-0.2, 0) is 3.74 Å². The Hall–Kier alpha value is -1.87. The first kappa shape index (κ1) is 15.0. The van der Waals surface area contributed by atoms with E-state index in [1.807, 2.05) is 0 Å². The summed E-state index contributed by atoms with van der Waals surface area (Å²) in [6.45, 7) is 0. The second-order valence-electron chi connectivity index (χ2n) is 4.20. The molecule has 1 unspecified atom stereocenters. The molecule has 0 bridgehead atoms. The maximum absolute atomic E-state index is 11.1. The number of aliphatic imine (C=N–C) groups is 4. The van der Waals surface area contributed by atoms with Crippen molar-refractivity contribution < 1.29 is 11.9 Å². The molecule has 0 aliphatic carbocycles. The molecule has 1 atom stereocenters. The Morgan fingerprint density at radius 2 is 1.91 bits per heavy atom. The molecule has 3 rings (SSSR count). The molecule has 0 aromatic heterocycles. The van der Waals surface area contributed by atoms with Crippen molar-refractivity contribution in [3.63, 3.8) is 0 Å². The van der Waals surface area contributed by atoms with Gasteiger partial charge in [-0.3, -0.25) is 0 Å². The van der Waals surface area contributed by atoms with Crippen LogP contribution in [0.15, 0.2) is 53.9 Å². The van der Waals surface area contributed by atoms with Crippen molar-refractivity contribution in [3.8, 4) is 0 Å². The molecule has 0 radical (unpaired) electrons. The monoisotopic (exact) mass is 380 g/mol. The second-order valence-corrected chi connectivity index (χ2v) is 8.33. The first-order valence-electron chi connectivity index (χ1n) is 5.98. The quantitative estimate of drug-likeness (QED) is 0.441. The first-order chi connectivity index (χ1) is 10.5. The molecule has 1 aromatic rings. The third-order valence-corrected chi connectivity index (χ3v) is 5.45. The van der Waals surface area contributed by atoms with Crippen LogP contribution < -0.4 is 4.35 Å². The molecule has 2 aliphatic rings. The van der Waals surface area contributed by atoms with Gasteiger partial charge in [-0.15, -0.1) is 0 Å². The standard InChI is InChI=1S/C11H9AsN6O3S/c19-12(20,21)7-1-3-8(4-2-7)17-18-22-11-9-10(14-5-13-9)15-6-16-11/h1-6,9H,(H2,19,20,21). The van der Waals surface area contributed by atoms with Crippen molar-refractivity contribution >= 4 is 59.7 Å². The molecule has 0 spiro atoms. The van der Waals surface area contributed by atoms with Crippen molar-refractivity contribution in [2.45, 2.75) is 6.04 Å². The summed E-state index contributed by atoms with van der Waals surface area (Å²) in [6, 6.07) is 5.34. The number of rotatable bonds is 3. The molecule has 11 heteroatoms. The van der Waals surface area contributed by atoms with Gasteiger partial charge in [0.2, 0.25) is 0 Å². The van der Waals surface area contributed by atoms with Gasteiger partial charge in [0.25, 0.3) is 0 Å². The average molecular weight is 380 g/mol. The van der Waals surface area contributed by atoms with Gasteiger partial charge in [0.15, 0.2) is 0 Å². The minimum atomic E-state index is -4.85. The summed E-state index contributed by atoms with van der Waals surface area (Å²) in [7, 11) is 0. The fourth-order valence-electron chi connectivity index (χ4n) is 1.69. The van der Waals surface area contributed by atoms with Gasteiger partial charge in [-0.05, 0) is 0 Å². The Morgan fingerprint density at radius 3 is 2.64 bits per heavy atom. The average Bonchev–Trinajstić information content (AvgIpc) is 2.96. The van der Waals surface area contributed by atoms with Crippen LogP contribution in [0.25, 0.3) is 0 Å². The van der Waals surface area contributed by atoms with E-state index in [0.717, 1.165) is 11.9 Å². The predicted molar refractivity (Wildman–Crippen MR) is 84.7 cm³/mol. The van der Waals surface area contributed by atoms with E-state index in [2.05, 4.69) is 29.6 Å². The van der Waals surface area contributed by atoms with Gasteiger partial charge in [-0.2, -0.15) is 0 Å². The van der Waals surface area contributed by atoms with Gasteiger partial charge < -0.3 is 0 Å². The summed E-state index contributed by atoms with van der Waals surface area (Å²) in [6.07, 6.45) is 2.82. The van der Waals surface area contributed by atoms with Crippen LogP contribution in [0.5, 0.6) is 0 Å². The Kier molecular flexibility index (Phi) is 4.16. The molecular weight excluding hydrogens is 371 g/mol. The molecule has 0 amide bonds. The Bertz CT molecular complexity index is 780. The first-order valence-corrected chi connectivity index (χ1v) is 10.1.